The maximum atomic E-state index is 12.5. The van der Waals surface area contributed by atoms with Gasteiger partial charge in [0.1, 0.15) is 0 Å². The lowest BCUT2D eigenvalue weighted by molar-refractivity contribution is -0.157. The zero-order chi connectivity index (χ0) is 20.4. The van der Waals surface area contributed by atoms with Gasteiger partial charge in [0.05, 0.1) is 11.5 Å². The Morgan fingerprint density at radius 3 is 1.69 bits per heavy atom. The molecule has 26 heavy (non-hydrogen) atoms. The Kier molecular flexibility index (Phi) is 10.2. The Morgan fingerprint density at radius 1 is 0.885 bits per heavy atom. The van der Waals surface area contributed by atoms with Crippen molar-refractivity contribution in [2.75, 3.05) is 26.2 Å². The van der Waals surface area contributed by atoms with E-state index in [1.54, 1.807) is 27.7 Å². The van der Waals surface area contributed by atoms with Crippen molar-refractivity contribution in [3.63, 3.8) is 0 Å². The number of carboxylic acids is 1. The number of amides is 2. The van der Waals surface area contributed by atoms with Crippen molar-refractivity contribution in [3.05, 3.63) is 11.6 Å². The molecule has 0 saturated carbocycles. The molecule has 0 aromatic rings. The fourth-order valence-corrected chi connectivity index (χ4v) is 2.51. The van der Waals surface area contributed by atoms with Crippen LogP contribution in [-0.2, 0) is 23.9 Å². The summed E-state index contributed by atoms with van der Waals surface area (Å²) in [6.07, 6.45) is -0.404. The number of esters is 1. The van der Waals surface area contributed by atoms with Gasteiger partial charge in [0.25, 0.3) is 5.91 Å². The third-order valence-corrected chi connectivity index (χ3v) is 4.13. The molecule has 0 saturated heterocycles. The molecule has 0 aliphatic rings. The maximum absolute atomic E-state index is 12.5. The standard InChI is InChI=1S/C18H30N2O6/c1-7-19(8-2)16(23)12(5)14(11-15(21)22)18(25)26-13(6)17(24)20(9-3)10-4/h11-13H,7-10H2,1-6H3,(H,21,22)/t12-,13-/m0/s1. The first kappa shape index (κ1) is 23.6. The van der Waals surface area contributed by atoms with Crippen molar-refractivity contribution in [2.24, 2.45) is 5.92 Å². The maximum Gasteiger partial charge on any atom is 0.335 e. The highest BCUT2D eigenvalue weighted by Gasteiger charge is 2.31. The topological polar surface area (TPSA) is 104 Å². The molecule has 0 aromatic carbocycles. The van der Waals surface area contributed by atoms with E-state index in [9.17, 15) is 19.2 Å². The van der Waals surface area contributed by atoms with E-state index in [4.69, 9.17) is 9.84 Å². The average Bonchev–Trinajstić information content (AvgIpc) is 2.60. The number of nitrogens with zero attached hydrogens (tertiary/aromatic N) is 2. The van der Waals surface area contributed by atoms with Crippen LogP contribution < -0.4 is 0 Å². The largest absolute Gasteiger partial charge is 0.478 e. The van der Waals surface area contributed by atoms with Gasteiger partial charge in [0.2, 0.25) is 5.91 Å². The number of aliphatic carboxylic acids is 1. The number of rotatable bonds is 10. The minimum atomic E-state index is -1.36. The van der Waals surface area contributed by atoms with Crippen molar-refractivity contribution < 1.29 is 29.0 Å². The first-order chi connectivity index (χ1) is 12.1. The highest BCUT2D eigenvalue weighted by atomic mass is 16.5. The molecule has 2 atom stereocenters. The summed E-state index contributed by atoms with van der Waals surface area (Å²) in [6, 6.07) is 0. The Labute approximate surface area is 154 Å². The molecule has 0 spiro atoms. The molecule has 0 radical (unpaired) electrons. The lowest BCUT2D eigenvalue weighted by Gasteiger charge is -2.25. The molecule has 0 fully saturated rings. The Morgan fingerprint density at radius 2 is 1.31 bits per heavy atom. The minimum absolute atomic E-state index is 0.284. The molecule has 148 valence electrons. The highest BCUT2D eigenvalue weighted by Crippen LogP contribution is 2.17. The number of ether oxygens (including phenoxy) is 1. The third kappa shape index (κ3) is 6.50. The van der Waals surface area contributed by atoms with Crippen LogP contribution in [0.1, 0.15) is 41.5 Å². The molecule has 2 amide bonds. The van der Waals surface area contributed by atoms with Gasteiger partial charge in [-0.15, -0.1) is 0 Å². The van der Waals surface area contributed by atoms with Crippen LogP contribution in [-0.4, -0.2) is 70.9 Å². The van der Waals surface area contributed by atoms with Gasteiger partial charge in [0.15, 0.2) is 6.10 Å². The van der Waals surface area contributed by atoms with Crippen LogP contribution in [0, 0.1) is 5.92 Å². The second kappa shape index (κ2) is 11.3. The fourth-order valence-electron chi connectivity index (χ4n) is 2.51. The van der Waals surface area contributed by atoms with E-state index in [0.29, 0.717) is 32.3 Å². The molecule has 0 heterocycles. The van der Waals surface area contributed by atoms with Crippen LogP contribution in [0.2, 0.25) is 0 Å². The second-order valence-corrected chi connectivity index (χ2v) is 5.73. The SMILES string of the molecule is CCN(CC)C(=O)[C@@H](C)C(=CC(=O)O)C(=O)O[C@@H](C)C(=O)N(CC)CC. The number of carbonyl (C=O) groups is 4. The van der Waals surface area contributed by atoms with E-state index in [0.717, 1.165) is 0 Å². The van der Waals surface area contributed by atoms with Gasteiger partial charge in [-0.25, -0.2) is 9.59 Å². The second-order valence-electron chi connectivity index (χ2n) is 5.73. The van der Waals surface area contributed by atoms with Gasteiger partial charge in [-0.2, -0.15) is 0 Å². The molecular weight excluding hydrogens is 340 g/mol. The van der Waals surface area contributed by atoms with E-state index < -0.39 is 24.0 Å². The average molecular weight is 370 g/mol. The Hall–Kier alpha value is -2.38. The summed E-state index contributed by atoms with van der Waals surface area (Å²) in [5.41, 5.74) is -0.284. The summed E-state index contributed by atoms with van der Waals surface area (Å²) in [5.74, 6) is -4.08. The van der Waals surface area contributed by atoms with Crippen LogP contribution >= 0.6 is 0 Å². The van der Waals surface area contributed by atoms with Crippen LogP contribution in [0.25, 0.3) is 0 Å². The first-order valence-electron chi connectivity index (χ1n) is 8.87. The van der Waals surface area contributed by atoms with Crippen molar-refractivity contribution in [3.8, 4) is 0 Å². The zero-order valence-electron chi connectivity index (χ0n) is 16.4. The summed E-state index contributed by atoms with van der Waals surface area (Å²) in [6.45, 7) is 11.9. The summed E-state index contributed by atoms with van der Waals surface area (Å²) in [4.78, 5) is 51.2. The van der Waals surface area contributed by atoms with Gasteiger partial charge in [0, 0.05) is 32.3 Å². The van der Waals surface area contributed by atoms with Crippen LogP contribution in [0.3, 0.4) is 0 Å². The molecule has 0 aromatic heterocycles. The predicted octanol–water partition coefficient (Wildman–Crippen LogP) is 1.30. The summed E-state index contributed by atoms with van der Waals surface area (Å²) < 4.78 is 5.15. The minimum Gasteiger partial charge on any atom is -0.478 e. The lowest BCUT2D eigenvalue weighted by Crippen LogP contribution is -2.41. The monoisotopic (exact) mass is 370 g/mol. The molecule has 0 unspecified atom stereocenters. The highest BCUT2D eigenvalue weighted by molar-refractivity contribution is 6.02. The van der Waals surface area contributed by atoms with Crippen LogP contribution in [0.4, 0.5) is 0 Å². The molecular formula is C18H30N2O6. The normalized spacial score (nSPS) is 13.5. The van der Waals surface area contributed by atoms with Crippen LogP contribution in [0.15, 0.2) is 11.6 Å². The van der Waals surface area contributed by atoms with Crippen molar-refractivity contribution >= 4 is 23.8 Å². The molecule has 0 bridgehead atoms. The molecule has 8 heteroatoms. The number of carbonyl (C=O) groups excluding carboxylic acids is 3. The van der Waals surface area contributed by atoms with E-state index in [1.165, 1.54) is 23.6 Å². The van der Waals surface area contributed by atoms with E-state index in [-0.39, 0.29) is 17.4 Å². The van der Waals surface area contributed by atoms with Crippen molar-refractivity contribution in [1.82, 2.24) is 9.80 Å². The summed E-state index contributed by atoms with van der Waals surface area (Å²) in [7, 11) is 0. The van der Waals surface area contributed by atoms with Gasteiger partial charge in [-0.1, -0.05) is 0 Å². The fraction of sp³-hybridized carbons (Fsp3) is 0.667. The number of carboxylic acid groups (broad SMARTS) is 1. The molecule has 0 aliphatic carbocycles. The van der Waals surface area contributed by atoms with Crippen LogP contribution in [0.5, 0.6) is 0 Å². The smallest absolute Gasteiger partial charge is 0.335 e. The Bertz CT molecular complexity index is 550. The number of hydrogen-bond donors (Lipinski definition) is 1. The molecule has 0 rings (SSSR count). The molecule has 1 N–H and O–H groups in total. The van der Waals surface area contributed by atoms with Gasteiger partial charge < -0.3 is 19.6 Å². The van der Waals surface area contributed by atoms with E-state index >= 15 is 0 Å². The van der Waals surface area contributed by atoms with Crippen molar-refractivity contribution in [2.45, 2.75) is 47.6 Å². The zero-order valence-corrected chi connectivity index (χ0v) is 16.4. The number of likely N-dealkylation sites (N-methyl/N-ethyl adjacent to an activating group) is 1. The lowest BCUT2D eigenvalue weighted by atomic mass is 9.98. The van der Waals surface area contributed by atoms with Gasteiger partial charge >= 0.3 is 11.9 Å². The number of hydrogen-bond acceptors (Lipinski definition) is 5. The van der Waals surface area contributed by atoms with Gasteiger partial charge in [-0.3, -0.25) is 9.59 Å². The summed E-state index contributed by atoms with van der Waals surface area (Å²) >= 11 is 0. The quantitative estimate of drug-likeness (QED) is 0.459. The predicted molar refractivity (Wildman–Crippen MR) is 96.3 cm³/mol. The van der Waals surface area contributed by atoms with Gasteiger partial charge in [-0.05, 0) is 41.5 Å². The summed E-state index contributed by atoms with van der Waals surface area (Å²) in [5, 5.41) is 9.04. The molecule has 8 nitrogen and oxygen atoms in total. The van der Waals surface area contributed by atoms with Crippen molar-refractivity contribution in [1.29, 1.82) is 0 Å². The molecule has 0 aliphatic heterocycles. The first-order valence-corrected chi connectivity index (χ1v) is 8.87. The Balaban J connectivity index is 5.44. The third-order valence-electron chi connectivity index (χ3n) is 4.13. The van der Waals surface area contributed by atoms with E-state index in [2.05, 4.69) is 0 Å². The van der Waals surface area contributed by atoms with E-state index in [1.807, 2.05) is 0 Å².